The Bertz CT molecular complexity index is 807. The molecule has 30 heavy (non-hydrogen) atoms. The number of morpholine rings is 1. The van der Waals surface area contributed by atoms with Crippen LogP contribution < -0.4 is 10.2 Å². The zero-order valence-electron chi connectivity index (χ0n) is 17.5. The van der Waals surface area contributed by atoms with Crippen LogP contribution in [0.25, 0.3) is 0 Å². The Kier molecular flexibility index (Phi) is 8.29. The predicted octanol–water partition coefficient (Wildman–Crippen LogP) is -0.151. The zero-order valence-corrected chi connectivity index (χ0v) is 17.5. The van der Waals surface area contributed by atoms with Crippen LogP contribution in [0, 0.1) is 6.92 Å². The lowest BCUT2D eigenvalue weighted by molar-refractivity contribution is -0.907. The van der Waals surface area contributed by atoms with E-state index in [0.29, 0.717) is 25.3 Å². The molecule has 1 saturated heterocycles. The summed E-state index contributed by atoms with van der Waals surface area (Å²) in [7, 11) is 0. The Labute approximate surface area is 177 Å². The van der Waals surface area contributed by atoms with Crippen molar-refractivity contribution in [2.75, 3.05) is 45.9 Å². The lowest BCUT2D eigenvalue weighted by Crippen LogP contribution is -3.14. The van der Waals surface area contributed by atoms with Gasteiger partial charge in [-0.2, -0.15) is 0 Å². The van der Waals surface area contributed by atoms with E-state index in [0.717, 1.165) is 44.1 Å². The van der Waals surface area contributed by atoms with Gasteiger partial charge in [-0.3, -0.25) is 14.6 Å². The first-order valence-corrected chi connectivity index (χ1v) is 10.4. The van der Waals surface area contributed by atoms with E-state index >= 15 is 0 Å². The first-order valence-electron chi connectivity index (χ1n) is 10.4. The molecule has 2 heterocycles. The highest BCUT2D eigenvalue weighted by Gasteiger charge is 2.21. The Balaban J connectivity index is 1.55. The average Bonchev–Trinajstić information content (AvgIpc) is 2.79. The molecule has 2 N–H and O–H groups in total. The number of quaternary nitrogens is 1. The summed E-state index contributed by atoms with van der Waals surface area (Å²) < 4.78 is 5.40. The summed E-state index contributed by atoms with van der Waals surface area (Å²) in [6.07, 6.45) is 3.34. The van der Waals surface area contributed by atoms with Crippen molar-refractivity contribution in [1.82, 2.24) is 20.2 Å². The van der Waals surface area contributed by atoms with Gasteiger partial charge in [-0.15, -0.1) is 0 Å². The molecule has 2 amide bonds. The number of carbonyl (C=O) groups excluding carboxylic acids is 2. The fraction of sp³-hybridized carbons (Fsp3) is 0.455. The lowest BCUT2D eigenvalue weighted by atomic mass is 10.2. The normalized spacial score (nSPS) is 14.3. The van der Waals surface area contributed by atoms with Gasteiger partial charge in [0.1, 0.15) is 18.8 Å². The topological polar surface area (TPSA) is 88.9 Å². The number of nitrogens with zero attached hydrogens (tertiary/aromatic N) is 3. The van der Waals surface area contributed by atoms with Gasteiger partial charge in [0.15, 0.2) is 0 Å². The molecule has 1 fully saturated rings. The molecule has 8 nitrogen and oxygen atoms in total. The van der Waals surface area contributed by atoms with Crippen molar-refractivity contribution >= 4 is 11.8 Å². The molecule has 1 aliphatic heterocycles. The predicted molar refractivity (Wildman–Crippen MR) is 112 cm³/mol. The number of rotatable bonds is 9. The lowest BCUT2D eigenvalue weighted by Gasteiger charge is -2.27. The van der Waals surface area contributed by atoms with Crippen LogP contribution in [0.5, 0.6) is 0 Å². The summed E-state index contributed by atoms with van der Waals surface area (Å²) in [5, 5.41) is 2.92. The van der Waals surface area contributed by atoms with Crippen molar-refractivity contribution in [2.24, 2.45) is 0 Å². The molecular formula is C22H30N5O3+. The number of aryl methyl sites for hydroxylation is 1. The molecule has 0 radical (unpaired) electrons. The molecule has 0 unspecified atom stereocenters. The number of hydrogen-bond acceptors (Lipinski definition) is 5. The summed E-state index contributed by atoms with van der Waals surface area (Å²) in [6.45, 7) is 7.40. The van der Waals surface area contributed by atoms with Crippen molar-refractivity contribution in [3.8, 4) is 0 Å². The average molecular weight is 413 g/mol. The minimum Gasteiger partial charge on any atom is -0.370 e. The van der Waals surface area contributed by atoms with Gasteiger partial charge < -0.3 is 19.9 Å². The van der Waals surface area contributed by atoms with Gasteiger partial charge in [0.2, 0.25) is 5.91 Å². The monoisotopic (exact) mass is 412 g/mol. The van der Waals surface area contributed by atoms with E-state index < -0.39 is 0 Å². The highest BCUT2D eigenvalue weighted by atomic mass is 16.5. The van der Waals surface area contributed by atoms with Crippen LogP contribution in [0.4, 0.5) is 0 Å². The van der Waals surface area contributed by atoms with Crippen LogP contribution in [-0.4, -0.2) is 72.6 Å². The Morgan fingerprint density at radius 1 is 1.10 bits per heavy atom. The maximum Gasteiger partial charge on any atom is 0.274 e. The van der Waals surface area contributed by atoms with Gasteiger partial charge in [-0.1, -0.05) is 30.3 Å². The van der Waals surface area contributed by atoms with E-state index in [1.807, 2.05) is 37.3 Å². The Morgan fingerprint density at radius 2 is 1.87 bits per heavy atom. The second-order valence-electron chi connectivity index (χ2n) is 7.46. The second-order valence-corrected chi connectivity index (χ2v) is 7.46. The molecule has 0 spiro atoms. The molecule has 0 atom stereocenters. The van der Waals surface area contributed by atoms with Crippen LogP contribution >= 0.6 is 0 Å². The van der Waals surface area contributed by atoms with Crippen LogP contribution in [-0.2, 0) is 16.1 Å². The molecule has 2 aromatic rings. The highest BCUT2D eigenvalue weighted by Crippen LogP contribution is 2.03. The van der Waals surface area contributed by atoms with Crippen molar-refractivity contribution in [1.29, 1.82) is 0 Å². The maximum absolute atomic E-state index is 13.0. The van der Waals surface area contributed by atoms with Gasteiger partial charge in [-0.05, 0) is 12.5 Å². The second kappa shape index (κ2) is 11.4. The van der Waals surface area contributed by atoms with E-state index in [9.17, 15) is 9.59 Å². The highest BCUT2D eigenvalue weighted by molar-refractivity contribution is 5.92. The third kappa shape index (κ3) is 6.89. The quantitative estimate of drug-likeness (QED) is 0.598. The largest absolute Gasteiger partial charge is 0.370 e. The molecule has 0 bridgehead atoms. The molecular weight excluding hydrogens is 382 g/mol. The molecule has 1 aromatic carbocycles. The molecule has 0 aliphatic carbocycles. The van der Waals surface area contributed by atoms with Crippen molar-refractivity contribution in [3.63, 3.8) is 0 Å². The zero-order chi connectivity index (χ0) is 21.2. The van der Waals surface area contributed by atoms with Gasteiger partial charge in [-0.25, -0.2) is 4.98 Å². The fourth-order valence-electron chi connectivity index (χ4n) is 3.30. The first kappa shape index (κ1) is 21.9. The van der Waals surface area contributed by atoms with E-state index in [1.54, 1.807) is 11.1 Å². The fourth-order valence-corrected chi connectivity index (χ4v) is 3.30. The molecule has 3 rings (SSSR count). The maximum atomic E-state index is 13.0. The molecule has 8 heteroatoms. The molecule has 1 aromatic heterocycles. The number of ether oxygens (including phenoxy) is 1. The standard InChI is InChI=1S/C22H29N5O3/c1-18-15-24-20(17-23-18)22(29)27(10-9-26-11-13-30-14-12-26)8-7-21(28)25-16-19-5-3-2-4-6-19/h2-6,15,17H,7-14,16H2,1H3,(H,25,28)/p+1. The van der Waals surface area contributed by atoms with Crippen molar-refractivity contribution < 1.29 is 19.2 Å². The molecule has 0 saturated carbocycles. The summed E-state index contributed by atoms with van der Waals surface area (Å²) in [5.41, 5.74) is 2.11. The Morgan fingerprint density at radius 3 is 2.57 bits per heavy atom. The summed E-state index contributed by atoms with van der Waals surface area (Å²) in [4.78, 5) is 36.8. The molecule has 160 valence electrons. The summed E-state index contributed by atoms with van der Waals surface area (Å²) in [6, 6.07) is 9.77. The van der Waals surface area contributed by atoms with E-state index in [1.165, 1.54) is 11.1 Å². The van der Waals surface area contributed by atoms with Gasteiger partial charge in [0, 0.05) is 25.7 Å². The van der Waals surface area contributed by atoms with Gasteiger partial charge in [0.25, 0.3) is 5.91 Å². The third-order valence-corrected chi connectivity index (χ3v) is 5.16. The summed E-state index contributed by atoms with van der Waals surface area (Å²) in [5.74, 6) is -0.267. The molecule has 1 aliphatic rings. The first-order chi connectivity index (χ1) is 14.6. The van der Waals surface area contributed by atoms with Crippen molar-refractivity contribution in [3.05, 3.63) is 59.7 Å². The van der Waals surface area contributed by atoms with Crippen LogP contribution in [0.1, 0.15) is 28.2 Å². The van der Waals surface area contributed by atoms with Gasteiger partial charge >= 0.3 is 0 Å². The van der Waals surface area contributed by atoms with Crippen LogP contribution in [0.3, 0.4) is 0 Å². The van der Waals surface area contributed by atoms with E-state index in [2.05, 4.69) is 15.3 Å². The van der Waals surface area contributed by atoms with Crippen molar-refractivity contribution in [2.45, 2.75) is 19.9 Å². The number of benzene rings is 1. The smallest absolute Gasteiger partial charge is 0.274 e. The van der Waals surface area contributed by atoms with Crippen LogP contribution in [0.15, 0.2) is 42.7 Å². The number of hydrogen-bond donors (Lipinski definition) is 2. The Hall–Kier alpha value is -2.84. The number of carbonyl (C=O) groups is 2. The number of amides is 2. The van der Waals surface area contributed by atoms with E-state index in [-0.39, 0.29) is 18.2 Å². The summed E-state index contributed by atoms with van der Waals surface area (Å²) >= 11 is 0. The number of nitrogens with one attached hydrogen (secondary N) is 2. The van der Waals surface area contributed by atoms with Gasteiger partial charge in [0.05, 0.1) is 38.2 Å². The van der Waals surface area contributed by atoms with E-state index in [4.69, 9.17) is 4.74 Å². The minimum atomic E-state index is -0.189. The van der Waals surface area contributed by atoms with Crippen LogP contribution in [0.2, 0.25) is 0 Å². The SMILES string of the molecule is Cc1cnc(C(=O)N(CCC(=O)NCc2ccccc2)CC[NH+]2CCOCC2)cn1. The number of aromatic nitrogens is 2. The minimum absolute atomic E-state index is 0.0784. The third-order valence-electron chi connectivity index (χ3n) is 5.16.